The number of aromatic amines is 1. The van der Waals surface area contributed by atoms with Gasteiger partial charge < -0.3 is 9.51 Å². The fourth-order valence-electron chi connectivity index (χ4n) is 3.39. The van der Waals surface area contributed by atoms with Gasteiger partial charge in [0.1, 0.15) is 16.4 Å². The molecule has 8 heteroatoms. The van der Waals surface area contributed by atoms with Crippen LogP contribution in [0.4, 0.5) is 0 Å². The highest BCUT2D eigenvalue weighted by Gasteiger charge is 2.40. The number of sulfonamides is 1. The minimum absolute atomic E-state index is 0.172. The maximum atomic E-state index is 13.1. The molecule has 3 heterocycles. The SMILES string of the molecule is Cc1noc(C)c1S(=O)(=O)N1CCCC1c1nc2ccccc2[nH]1. The molecule has 1 aliphatic rings. The van der Waals surface area contributed by atoms with Crippen molar-refractivity contribution in [2.24, 2.45) is 0 Å². The summed E-state index contributed by atoms with van der Waals surface area (Å²) >= 11 is 0. The highest BCUT2D eigenvalue weighted by molar-refractivity contribution is 7.89. The van der Waals surface area contributed by atoms with Gasteiger partial charge in [-0.15, -0.1) is 0 Å². The number of para-hydroxylation sites is 2. The molecular formula is C16H18N4O3S. The first-order valence-corrected chi connectivity index (χ1v) is 9.32. The molecule has 1 unspecified atom stereocenters. The predicted octanol–water partition coefficient (Wildman–Crippen LogP) is 2.69. The van der Waals surface area contributed by atoms with E-state index < -0.39 is 10.0 Å². The summed E-state index contributed by atoms with van der Waals surface area (Å²) in [6, 6.07) is 7.40. The molecule has 24 heavy (non-hydrogen) atoms. The van der Waals surface area contributed by atoms with Crippen molar-refractivity contribution in [2.45, 2.75) is 37.6 Å². The number of fused-ring (bicyclic) bond motifs is 1. The van der Waals surface area contributed by atoms with E-state index in [1.807, 2.05) is 24.3 Å². The van der Waals surface area contributed by atoms with Crippen molar-refractivity contribution in [1.82, 2.24) is 19.4 Å². The van der Waals surface area contributed by atoms with Crippen molar-refractivity contribution in [3.63, 3.8) is 0 Å². The average molecular weight is 346 g/mol. The number of hydrogen-bond donors (Lipinski definition) is 1. The molecule has 0 radical (unpaired) electrons. The molecular weight excluding hydrogens is 328 g/mol. The van der Waals surface area contributed by atoms with Gasteiger partial charge in [-0.25, -0.2) is 13.4 Å². The first-order valence-electron chi connectivity index (χ1n) is 7.88. The molecule has 0 bridgehead atoms. The molecule has 0 saturated carbocycles. The van der Waals surface area contributed by atoms with Crippen molar-refractivity contribution < 1.29 is 12.9 Å². The molecule has 1 N–H and O–H groups in total. The molecule has 0 spiro atoms. The highest BCUT2D eigenvalue weighted by atomic mass is 32.2. The molecule has 3 aromatic rings. The quantitative estimate of drug-likeness (QED) is 0.787. The van der Waals surface area contributed by atoms with E-state index >= 15 is 0 Å². The lowest BCUT2D eigenvalue weighted by atomic mass is 10.2. The molecule has 1 aromatic carbocycles. The maximum Gasteiger partial charge on any atom is 0.249 e. The van der Waals surface area contributed by atoms with Gasteiger partial charge in [-0.1, -0.05) is 17.3 Å². The first-order chi connectivity index (χ1) is 11.5. The molecule has 0 aliphatic carbocycles. The number of benzene rings is 1. The van der Waals surface area contributed by atoms with Crippen LogP contribution in [0.1, 0.15) is 36.2 Å². The first kappa shape index (κ1) is 15.3. The number of nitrogens with zero attached hydrogens (tertiary/aromatic N) is 3. The Hall–Kier alpha value is -2.19. The zero-order valence-electron chi connectivity index (χ0n) is 13.5. The Labute approximate surface area is 139 Å². The van der Waals surface area contributed by atoms with E-state index in [4.69, 9.17) is 4.52 Å². The number of aryl methyl sites for hydroxylation is 2. The Morgan fingerprint density at radius 3 is 2.79 bits per heavy atom. The van der Waals surface area contributed by atoms with Crippen molar-refractivity contribution in [3.05, 3.63) is 41.5 Å². The third kappa shape index (κ3) is 2.25. The van der Waals surface area contributed by atoms with Gasteiger partial charge in [0.05, 0.1) is 17.1 Å². The molecule has 4 rings (SSSR count). The van der Waals surface area contributed by atoms with Crippen molar-refractivity contribution >= 4 is 21.1 Å². The fraction of sp³-hybridized carbons (Fsp3) is 0.375. The van der Waals surface area contributed by atoms with Crippen LogP contribution in [0.25, 0.3) is 11.0 Å². The van der Waals surface area contributed by atoms with Crippen LogP contribution in [0.2, 0.25) is 0 Å². The van der Waals surface area contributed by atoms with E-state index in [9.17, 15) is 8.42 Å². The largest absolute Gasteiger partial charge is 0.360 e. The number of aromatic nitrogens is 3. The lowest BCUT2D eigenvalue weighted by Gasteiger charge is -2.22. The van der Waals surface area contributed by atoms with Crippen molar-refractivity contribution in [2.75, 3.05) is 6.54 Å². The molecule has 0 amide bonds. The molecule has 1 saturated heterocycles. The van der Waals surface area contributed by atoms with Crippen molar-refractivity contribution in [3.8, 4) is 0 Å². The second kappa shape index (κ2) is 5.42. The second-order valence-corrected chi connectivity index (χ2v) is 7.89. The van der Waals surface area contributed by atoms with Gasteiger partial charge in [-0.2, -0.15) is 4.31 Å². The maximum absolute atomic E-state index is 13.1. The number of H-pyrrole nitrogens is 1. The van der Waals surface area contributed by atoms with Crippen LogP contribution in [0, 0.1) is 13.8 Å². The van der Waals surface area contributed by atoms with E-state index in [2.05, 4.69) is 15.1 Å². The van der Waals surface area contributed by atoms with Gasteiger partial charge in [-0.05, 0) is 38.8 Å². The Kier molecular flexibility index (Phi) is 3.47. The summed E-state index contributed by atoms with van der Waals surface area (Å²) in [6.07, 6.45) is 1.53. The normalized spacial score (nSPS) is 19.3. The Morgan fingerprint density at radius 1 is 1.29 bits per heavy atom. The van der Waals surface area contributed by atoms with Crippen LogP contribution in [0.5, 0.6) is 0 Å². The summed E-state index contributed by atoms with van der Waals surface area (Å²) in [4.78, 5) is 8.01. The summed E-state index contributed by atoms with van der Waals surface area (Å²) in [5, 5.41) is 3.78. The van der Waals surface area contributed by atoms with Crippen LogP contribution in [0.3, 0.4) is 0 Å². The van der Waals surface area contributed by atoms with Crippen LogP contribution in [-0.4, -0.2) is 34.4 Å². The van der Waals surface area contributed by atoms with Gasteiger partial charge in [0, 0.05) is 6.54 Å². The molecule has 126 valence electrons. The molecule has 7 nitrogen and oxygen atoms in total. The second-order valence-electron chi connectivity index (χ2n) is 6.07. The zero-order chi connectivity index (χ0) is 16.9. The zero-order valence-corrected chi connectivity index (χ0v) is 14.3. The molecule has 1 aliphatic heterocycles. The minimum atomic E-state index is -3.67. The predicted molar refractivity (Wildman–Crippen MR) is 87.9 cm³/mol. The Balaban J connectivity index is 1.77. The van der Waals surface area contributed by atoms with E-state index in [-0.39, 0.29) is 10.9 Å². The van der Waals surface area contributed by atoms with Crippen LogP contribution < -0.4 is 0 Å². The molecule has 1 fully saturated rings. The summed E-state index contributed by atoms with van der Waals surface area (Å²) in [7, 11) is -3.67. The minimum Gasteiger partial charge on any atom is -0.360 e. The fourth-order valence-corrected chi connectivity index (χ4v) is 5.35. The van der Waals surface area contributed by atoms with Crippen molar-refractivity contribution in [1.29, 1.82) is 0 Å². The van der Waals surface area contributed by atoms with Crippen LogP contribution >= 0.6 is 0 Å². The lowest BCUT2D eigenvalue weighted by Crippen LogP contribution is -2.31. The molecule has 2 aromatic heterocycles. The smallest absolute Gasteiger partial charge is 0.249 e. The number of imidazole rings is 1. The Morgan fingerprint density at radius 2 is 2.08 bits per heavy atom. The summed E-state index contributed by atoms with van der Waals surface area (Å²) in [5.74, 6) is 1.01. The third-order valence-corrected chi connectivity index (χ3v) is 6.61. The van der Waals surface area contributed by atoms with E-state index in [0.29, 0.717) is 23.8 Å². The standard InChI is InChI=1S/C16H18N4O3S/c1-10-15(11(2)23-19-10)24(21,22)20-9-5-8-14(20)16-17-12-6-3-4-7-13(12)18-16/h3-4,6-7,14H,5,8-9H2,1-2H3,(H,17,18). The van der Waals surface area contributed by atoms with Gasteiger partial charge in [0.2, 0.25) is 10.0 Å². The van der Waals surface area contributed by atoms with Gasteiger partial charge in [-0.3, -0.25) is 0 Å². The highest BCUT2D eigenvalue weighted by Crippen LogP contribution is 2.37. The summed E-state index contributed by atoms with van der Waals surface area (Å²) < 4.78 is 32.8. The number of hydrogen-bond acceptors (Lipinski definition) is 5. The Bertz CT molecular complexity index is 953. The summed E-state index contributed by atoms with van der Waals surface area (Å²) in [5.41, 5.74) is 2.14. The topological polar surface area (TPSA) is 92.1 Å². The van der Waals surface area contributed by atoms with Crippen LogP contribution in [-0.2, 0) is 10.0 Å². The lowest BCUT2D eigenvalue weighted by molar-refractivity contribution is 0.378. The van der Waals surface area contributed by atoms with Gasteiger partial charge in [0.25, 0.3) is 0 Å². The number of nitrogens with one attached hydrogen (secondary N) is 1. The monoisotopic (exact) mass is 346 g/mol. The van der Waals surface area contributed by atoms with Crippen LogP contribution in [0.15, 0.2) is 33.7 Å². The van der Waals surface area contributed by atoms with E-state index in [0.717, 1.165) is 23.9 Å². The van der Waals surface area contributed by atoms with Gasteiger partial charge in [0.15, 0.2) is 5.76 Å². The van der Waals surface area contributed by atoms with E-state index in [1.165, 1.54) is 4.31 Å². The van der Waals surface area contributed by atoms with E-state index in [1.54, 1.807) is 13.8 Å². The third-order valence-electron chi connectivity index (χ3n) is 4.46. The van der Waals surface area contributed by atoms with Gasteiger partial charge >= 0.3 is 0 Å². The number of rotatable bonds is 3. The molecule has 1 atom stereocenters. The summed E-state index contributed by atoms with van der Waals surface area (Å²) in [6.45, 7) is 3.74. The average Bonchev–Trinajstić information content (AvgIpc) is 3.24.